The maximum Gasteiger partial charge on any atom is 0.248 e. The van der Waals surface area contributed by atoms with Crippen molar-refractivity contribution in [3.63, 3.8) is 0 Å². The number of ether oxygens (including phenoxy) is 1. The number of nitrogens with zero attached hydrogens (tertiary/aromatic N) is 4. The van der Waals surface area contributed by atoms with Crippen LogP contribution >= 0.6 is 11.3 Å². The Morgan fingerprint density at radius 2 is 2.12 bits per heavy atom. The number of aliphatic hydroxyl groups excluding tert-OH is 1. The number of hydrogen-bond donors (Lipinski definition) is 2. The predicted octanol–water partition coefficient (Wildman–Crippen LogP) is 1.08. The van der Waals surface area contributed by atoms with Crippen molar-refractivity contribution < 1.29 is 14.6 Å². The van der Waals surface area contributed by atoms with Crippen molar-refractivity contribution in [1.29, 1.82) is 0 Å². The van der Waals surface area contributed by atoms with E-state index in [4.69, 9.17) is 10.5 Å². The van der Waals surface area contributed by atoms with Gasteiger partial charge in [-0.15, -0.1) is 21.5 Å². The van der Waals surface area contributed by atoms with Crippen LogP contribution in [-0.2, 0) is 17.9 Å². The summed E-state index contributed by atoms with van der Waals surface area (Å²) in [5, 5.41) is 24.1. The van der Waals surface area contributed by atoms with E-state index in [1.165, 1.54) is 4.80 Å². The predicted molar refractivity (Wildman–Crippen MR) is 91.8 cm³/mol. The third kappa shape index (κ3) is 4.69. The van der Waals surface area contributed by atoms with Crippen molar-refractivity contribution >= 4 is 17.2 Å². The largest absolute Gasteiger partial charge is 0.389 e. The smallest absolute Gasteiger partial charge is 0.248 e. The first-order valence-electron chi connectivity index (χ1n) is 7.58. The summed E-state index contributed by atoms with van der Waals surface area (Å²) in [6.07, 6.45) is -0.737. The maximum atomic E-state index is 11.1. The molecule has 1 amide bonds. The molecule has 1 unspecified atom stereocenters. The van der Waals surface area contributed by atoms with E-state index in [1.807, 2.05) is 17.5 Å². The molecule has 3 N–H and O–H groups in total. The number of hydrogen-bond acceptors (Lipinski definition) is 7. The average molecular weight is 359 g/mol. The van der Waals surface area contributed by atoms with Gasteiger partial charge >= 0.3 is 0 Å². The van der Waals surface area contributed by atoms with E-state index in [0.717, 1.165) is 4.88 Å². The number of tetrazole rings is 1. The minimum absolute atomic E-state index is 0.177. The Morgan fingerprint density at radius 3 is 2.80 bits per heavy atom. The molecular weight excluding hydrogens is 342 g/mol. The number of carbonyl (C=O) groups is 1. The highest BCUT2D eigenvalue weighted by Crippen LogP contribution is 2.14. The summed E-state index contributed by atoms with van der Waals surface area (Å²) in [6, 6.07) is 10.5. The Bertz CT molecular complexity index is 817. The van der Waals surface area contributed by atoms with E-state index in [1.54, 1.807) is 35.6 Å². The minimum atomic E-state index is -0.737. The van der Waals surface area contributed by atoms with Gasteiger partial charge in [0, 0.05) is 16.0 Å². The highest BCUT2D eigenvalue weighted by molar-refractivity contribution is 7.09. The van der Waals surface area contributed by atoms with Gasteiger partial charge in [0.15, 0.2) is 0 Å². The van der Waals surface area contributed by atoms with Crippen LogP contribution < -0.4 is 5.73 Å². The Balaban J connectivity index is 1.53. The van der Waals surface area contributed by atoms with Gasteiger partial charge in [-0.3, -0.25) is 4.79 Å². The SMILES string of the molecule is NC(=O)c1ccc(-c2nnn(CC(O)COCc3cccs3)n2)cc1. The number of aliphatic hydroxyl groups is 1. The fourth-order valence-corrected chi connectivity index (χ4v) is 2.79. The quantitative estimate of drug-likeness (QED) is 0.622. The summed E-state index contributed by atoms with van der Waals surface area (Å²) in [4.78, 5) is 13.5. The molecule has 0 saturated heterocycles. The molecule has 9 heteroatoms. The van der Waals surface area contributed by atoms with Gasteiger partial charge in [0.05, 0.1) is 25.9 Å². The number of primary amides is 1. The highest BCUT2D eigenvalue weighted by atomic mass is 32.1. The third-order valence-electron chi connectivity index (χ3n) is 3.39. The summed E-state index contributed by atoms with van der Waals surface area (Å²) < 4.78 is 5.47. The monoisotopic (exact) mass is 359 g/mol. The molecule has 0 aliphatic carbocycles. The molecule has 3 rings (SSSR count). The summed E-state index contributed by atoms with van der Waals surface area (Å²) in [7, 11) is 0. The fourth-order valence-electron chi connectivity index (χ4n) is 2.15. The van der Waals surface area contributed by atoms with Gasteiger partial charge < -0.3 is 15.6 Å². The first-order chi connectivity index (χ1) is 12.1. The van der Waals surface area contributed by atoms with Crippen LogP contribution in [0.15, 0.2) is 41.8 Å². The lowest BCUT2D eigenvalue weighted by Crippen LogP contribution is -2.23. The zero-order chi connectivity index (χ0) is 17.6. The molecule has 0 spiro atoms. The van der Waals surface area contributed by atoms with Gasteiger partial charge in [-0.2, -0.15) is 4.80 Å². The van der Waals surface area contributed by atoms with Crippen molar-refractivity contribution in [2.45, 2.75) is 19.3 Å². The Labute approximate surface area is 147 Å². The molecule has 1 atom stereocenters. The molecule has 2 aromatic heterocycles. The van der Waals surface area contributed by atoms with Crippen molar-refractivity contribution in [2.75, 3.05) is 6.61 Å². The summed E-state index contributed by atoms with van der Waals surface area (Å²) >= 11 is 1.61. The van der Waals surface area contributed by atoms with Gasteiger partial charge in [0.1, 0.15) is 0 Å². The van der Waals surface area contributed by atoms with E-state index < -0.39 is 12.0 Å². The molecule has 0 aliphatic rings. The van der Waals surface area contributed by atoms with E-state index in [9.17, 15) is 9.90 Å². The zero-order valence-electron chi connectivity index (χ0n) is 13.3. The molecule has 0 saturated carbocycles. The van der Waals surface area contributed by atoms with Gasteiger partial charge in [-0.05, 0) is 28.8 Å². The number of aromatic nitrogens is 4. The number of carbonyl (C=O) groups excluding carboxylic acids is 1. The Hall–Kier alpha value is -2.62. The van der Waals surface area contributed by atoms with Crippen LogP contribution in [0.1, 0.15) is 15.2 Å². The first kappa shape index (κ1) is 17.2. The first-order valence-corrected chi connectivity index (χ1v) is 8.46. The third-order valence-corrected chi connectivity index (χ3v) is 4.24. The molecule has 3 aromatic rings. The van der Waals surface area contributed by atoms with Gasteiger partial charge in [0.25, 0.3) is 0 Å². The highest BCUT2D eigenvalue weighted by Gasteiger charge is 2.11. The molecule has 0 radical (unpaired) electrons. The van der Waals surface area contributed by atoms with Crippen LogP contribution in [0, 0.1) is 0 Å². The number of nitrogens with two attached hydrogens (primary N) is 1. The maximum absolute atomic E-state index is 11.1. The van der Waals surface area contributed by atoms with Crippen LogP contribution in [0.3, 0.4) is 0 Å². The molecule has 8 nitrogen and oxygen atoms in total. The number of amides is 1. The summed E-state index contributed by atoms with van der Waals surface area (Å²) in [5.41, 5.74) is 6.33. The van der Waals surface area contributed by atoms with Crippen LogP contribution in [0.4, 0.5) is 0 Å². The standard InChI is InChI=1S/C16H17N5O3S/c17-15(23)11-3-5-12(6-4-11)16-18-20-21(19-16)8-13(22)9-24-10-14-2-1-7-25-14/h1-7,13,22H,8-10H2,(H2,17,23). The van der Waals surface area contributed by atoms with Gasteiger partial charge in [0.2, 0.25) is 11.7 Å². The van der Waals surface area contributed by atoms with Crippen molar-refractivity contribution in [2.24, 2.45) is 5.73 Å². The van der Waals surface area contributed by atoms with Gasteiger partial charge in [-0.1, -0.05) is 18.2 Å². The zero-order valence-corrected chi connectivity index (χ0v) is 14.1. The summed E-state index contributed by atoms with van der Waals surface area (Å²) in [6.45, 7) is 0.829. The van der Waals surface area contributed by atoms with E-state index >= 15 is 0 Å². The molecule has 25 heavy (non-hydrogen) atoms. The lowest BCUT2D eigenvalue weighted by Gasteiger charge is -2.09. The van der Waals surface area contributed by atoms with Crippen molar-refractivity contribution in [3.05, 3.63) is 52.2 Å². The lowest BCUT2D eigenvalue weighted by atomic mass is 10.1. The second-order valence-corrected chi connectivity index (χ2v) is 6.39. The van der Waals surface area contributed by atoms with Crippen LogP contribution in [0.2, 0.25) is 0 Å². The number of rotatable bonds is 8. The Kier molecular flexibility index (Phi) is 5.49. The topological polar surface area (TPSA) is 116 Å². The fraction of sp³-hybridized carbons (Fsp3) is 0.250. The second-order valence-electron chi connectivity index (χ2n) is 5.36. The van der Waals surface area contributed by atoms with E-state index in [0.29, 0.717) is 23.6 Å². The van der Waals surface area contributed by atoms with Crippen LogP contribution in [-0.4, -0.2) is 43.9 Å². The average Bonchev–Trinajstić information content (AvgIpc) is 3.27. The van der Waals surface area contributed by atoms with Crippen molar-refractivity contribution in [3.8, 4) is 11.4 Å². The van der Waals surface area contributed by atoms with Crippen molar-refractivity contribution in [1.82, 2.24) is 20.2 Å². The van der Waals surface area contributed by atoms with E-state index in [-0.39, 0.29) is 13.2 Å². The molecule has 0 fully saturated rings. The second kappa shape index (κ2) is 7.97. The molecule has 0 aliphatic heterocycles. The Morgan fingerprint density at radius 1 is 1.32 bits per heavy atom. The van der Waals surface area contributed by atoms with Crippen LogP contribution in [0.5, 0.6) is 0 Å². The lowest BCUT2D eigenvalue weighted by molar-refractivity contribution is 0.0174. The molecule has 1 aromatic carbocycles. The molecule has 130 valence electrons. The normalized spacial score (nSPS) is 12.2. The van der Waals surface area contributed by atoms with Gasteiger partial charge in [-0.25, -0.2) is 0 Å². The number of benzene rings is 1. The van der Waals surface area contributed by atoms with E-state index in [2.05, 4.69) is 15.4 Å². The minimum Gasteiger partial charge on any atom is -0.389 e. The molecule has 0 bridgehead atoms. The van der Waals surface area contributed by atoms with Crippen LogP contribution in [0.25, 0.3) is 11.4 Å². The number of thiophene rings is 1. The molecular formula is C16H17N5O3S. The molecule has 2 heterocycles. The summed E-state index contributed by atoms with van der Waals surface area (Å²) in [5.74, 6) is -0.0865.